The number of nitrogens with one attached hydrogen (secondary N) is 1. The molecule has 0 unspecified atom stereocenters. The van der Waals surface area contributed by atoms with Gasteiger partial charge in [0.15, 0.2) is 0 Å². The zero-order valence-corrected chi connectivity index (χ0v) is 25.7. The van der Waals surface area contributed by atoms with Crippen molar-refractivity contribution >= 4 is 33.2 Å². The molecular formula is C33H26F2N6O8. The topological polar surface area (TPSA) is 185 Å². The molecule has 0 bridgehead atoms. The second-order valence-electron chi connectivity index (χ2n) is 10.9. The third-order valence-electron chi connectivity index (χ3n) is 7.80. The van der Waals surface area contributed by atoms with Gasteiger partial charge in [0.05, 0.1) is 31.7 Å². The van der Waals surface area contributed by atoms with Crippen molar-refractivity contribution in [1.82, 2.24) is 18.7 Å². The van der Waals surface area contributed by atoms with E-state index in [2.05, 4.69) is 4.98 Å². The number of nitrogens with zero attached hydrogens (tertiary/aromatic N) is 5. The third kappa shape index (κ3) is 7.38. The van der Waals surface area contributed by atoms with Gasteiger partial charge in [-0.25, -0.2) is 18.4 Å². The molecule has 0 amide bonds. The molecule has 250 valence electrons. The predicted octanol–water partition coefficient (Wildman–Crippen LogP) is 3.97. The van der Waals surface area contributed by atoms with E-state index in [9.17, 15) is 48.2 Å². The maximum Gasteiger partial charge on any atom is 0.331 e. The average Bonchev–Trinajstić information content (AvgIpc) is 3.08. The fourth-order valence-electron chi connectivity index (χ4n) is 5.15. The summed E-state index contributed by atoms with van der Waals surface area (Å²) in [6.45, 7) is 0.247. The molecule has 4 aromatic carbocycles. The number of fused-ring (bicyclic) bond motifs is 2. The Morgan fingerprint density at radius 3 is 1.65 bits per heavy atom. The van der Waals surface area contributed by atoms with Crippen molar-refractivity contribution in [3.8, 4) is 0 Å². The Hall–Kier alpha value is -6.58. The number of H-pyrrole nitrogens is 1. The van der Waals surface area contributed by atoms with Crippen LogP contribution in [0.25, 0.3) is 21.8 Å². The average molecular weight is 673 g/mol. The van der Waals surface area contributed by atoms with Crippen molar-refractivity contribution in [2.45, 2.75) is 25.9 Å². The van der Waals surface area contributed by atoms with Gasteiger partial charge in [0.2, 0.25) is 0 Å². The lowest BCUT2D eigenvalue weighted by atomic mass is 10.1. The summed E-state index contributed by atoms with van der Waals surface area (Å²) in [6.07, 6.45) is 0.760. The molecule has 0 atom stereocenters. The first kappa shape index (κ1) is 33.8. The first-order valence-electron chi connectivity index (χ1n) is 14.6. The van der Waals surface area contributed by atoms with Crippen molar-refractivity contribution < 1.29 is 18.6 Å². The van der Waals surface area contributed by atoms with Crippen molar-refractivity contribution in [1.29, 1.82) is 0 Å². The van der Waals surface area contributed by atoms with E-state index in [0.29, 0.717) is 12.8 Å². The molecule has 0 aliphatic rings. The quantitative estimate of drug-likeness (QED) is 0.186. The fraction of sp³-hybridized carbons (Fsp3) is 0.152. The van der Waals surface area contributed by atoms with Crippen LogP contribution in [-0.2, 0) is 33.0 Å². The van der Waals surface area contributed by atoms with Gasteiger partial charge in [-0.2, -0.15) is 0 Å². The zero-order valence-electron chi connectivity index (χ0n) is 25.7. The van der Waals surface area contributed by atoms with Crippen molar-refractivity contribution in [2.24, 2.45) is 7.05 Å². The van der Waals surface area contributed by atoms with E-state index < -0.39 is 32.3 Å². The number of hydrogen-bond acceptors (Lipinski definition) is 8. The Morgan fingerprint density at radius 1 is 0.653 bits per heavy atom. The van der Waals surface area contributed by atoms with Gasteiger partial charge in [0, 0.05) is 44.4 Å². The van der Waals surface area contributed by atoms with Gasteiger partial charge in [-0.1, -0.05) is 24.3 Å². The lowest BCUT2D eigenvalue weighted by Gasteiger charge is -2.10. The molecule has 16 heteroatoms. The first-order chi connectivity index (χ1) is 23.3. The molecule has 2 heterocycles. The lowest BCUT2D eigenvalue weighted by Crippen LogP contribution is -2.39. The molecule has 0 spiro atoms. The SMILES string of the molecule is Cn1c(=O)n(CCc2ccc(F)cc2)c(=O)c2ccc([N+](=O)[O-])cc21.O=c1[nH]c2cc([N+](=O)[O-])ccc2c(=O)n1CCc1ccc(F)cc1. The van der Waals surface area contributed by atoms with Gasteiger partial charge < -0.3 is 4.98 Å². The van der Waals surface area contributed by atoms with Crippen LogP contribution in [0.2, 0.25) is 0 Å². The van der Waals surface area contributed by atoms with Gasteiger partial charge in [-0.15, -0.1) is 0 Å². The van der Waals surface area contributed by atoms with E-state index in [-0.39, 0.29) is 57.9 Å². The molecule has 0 saturated heterocycles. The van der Waals surface area contributed by atoms with Crippen LogP contribution in [0.5, 0.6) is 0 Å². The highest BCUT2D eigenvalue weighted by Gasteiger charge is 2.15. The van der Waals surface area contributed by atoms with Gasteiger partial charge >= 0.3 is 11.4 Å². The fourth-order valence-corrected chi connectivity index (χ4v) is 5.15. The number of aromatic nitrogens is 4. The van der Waals surface area contributed by atoms with Crippen molar-refractivity contribution in [2.75, 3.05) is 0 Å². The molecule has 0 aliphatic carbocycles. The Bertz CT molecular complexity index is 2470. The number of nitro benzene ring substituents is 2. The molecule has 0 aliphatic heterocycles. The van der Waals surface area contributed by atoms with Gasteiger partial charge in [0.25, 0.3) is 22.5 Å². The second kappa shape index (κ2) is 14.0. The molecule has 49 heavy (non-hydrogen) atoms. The van der Waals surface area contributed by atoms with Gasteiger partial charge in [0.1, 0.15) is 11.6 Å². The third-order valence-corrected chi connectivity index (χ3v) is 7.80. The highest BCUT2D eigenvalue weighted by molar-refractivity contribution is 5.81. The summed E-state index contributed by atoms with van der Waals surface area (Å²) in [6, 6.07) is 19.1. The Morgan fingerprint density at radius 2 is 1.12 bits per heavy atom. The number of benzene rings is 4. The molecule has 6 aromatic rings. The zero-order chi connectivity index (χ0) is 35.4. The van der Waals surface area contributed by atoms with Gasteiger partial charge in [-0.05, 0) is 60.4 Å². The monoisotopic (exact) mass is 672 g/mol. The number of halogens is 2. The van der Waals surface area contributed by atoms with Gasteiger partial charge in [-0.3, -0.25) is 43.5 Å². The molecule has 14 nitrogen and oxygen atoms in total. The van der Waals surface area contributed by atoms with E-state index in [1.165, 1.54) is 66.2 Å². The normalized spacial score (nSPS) is 10.9. The number of nitro groups is 2. The van der Waals surface area contributed by atoms with E-state index in [4.69, 9.17) is 0 Å². The Balaban J connectivity index is 0.000000191. The van der Waals surface area contributed by atoms with Crippen molar-refractivity contribution in [3.63, 3.8) is 0 Å². The molecule has 0 fully saturated rings. The predicted molar refractivity (Wildman–Crippen MR) is 176 cm³/mol. The van der Waals surface area contributed by atoms with E-state index in [1.807, 2.05) is 0 Å². The van der Waals surface area contributed by atoms with Crippen molar-refractivity contribution in [3.05, 3.63) is 170 Å². The van der Waals surface area contributed by atoms with Crippen LogP contribution in [0.1, 0.15) is 11.1 Å². The van der Waals surface area contributed by atoms with Crippen LogP contribution in [-0.4, -0.2) is 28.5 Å². The minimum absolute atomic E-state index is 0.118. The van der Waals surface area contributed by atoms with E-state index >= 15 is 0 Å². The number of aromatic amines is 1. The first-order valence-corrected chi connectivity index (χ1v) is 14.6. The van der Waals surface area contributed by atoms with Crippen LogP contribution in [0, 0.1) is 31.9 Å². The standard InChI is InChI=1S/C17H14FN3O4.C16H12FN3O4/c1-19-15-10-13(21(24)25)6-7-14(15)16(22)20(17(19)23)9-8-11-2-4-12(18)5-3-11;17-11-3-1-10(2-4-11)7-8-19-15(21)13-6-5-12(20(23)24)9-14(13)18-16(19)22/h2-7,10H,8-9H2,1H3;1-6,9H,7-8H2,(H,18,22). The summed E-state index contributed by atoms with van der Waals surface area (Å²) in [4.78, 5) is 72.5. The summed E-state index contributed by atoms with van der Waals surface area (Å²) in [5.74, 6) is -0.717. The molecule has 6 rings (SSSR count). The second-order valence-corrected chi connectivity index (χ2v) is 10.9. The van der Waals surface area contributed by atoms with E-state index in [1.54, 1.807) is 24.3 Å². The largest absolute Gasteiger partial charge is 0.331 e. The highest BCUT2D eigenvalue weighted by Crippen LogP contribution is 2.18. The minimum Gasteiger partial charge on any atom is -0.306 e. The van der Waals surface area contributed by atoms with Crippen LogP contribution in [0.4, 0.5) is 20.2 Å². The minimum atomic E-state index is -0.643. The summed E-state index contributed by atoms with van der Waals surface area (Å²) < 4.78 is 29.1. The maximum absolute atomic E-state index is 12.9. The number of rotatable bonds is 8. The summed E-state index contributed by atoms with van der Waals surface area (Å²) in [5, 5.41) is 22.1. The molecule has 0 radical (unpaired) electrons. The number of non-ortho nitro benzene ring substituents is 2. The lowest BCUT2D eigenvalue weighted by molar-refractivity contribution is -0.384. The van der Waals surface area contributed by atoms with Crippen LogP contribution < -0.4 is 22.5 Å². The maximum atomic E-state index is 12.9. The molecular weight excluding hydrogens is 646 g/mol. The highest BCUT2D eigenvalue weighted by atomic mass is 19.1. The Labute approximate surface area is 273 Å². The number of hydrogen-bond donors (Lipinski definition) is 1. The van der Waals surface area contributed by atoms with Crippen LogP contribution in [0.3, 0.4) is 0 Å². The smallest absolute Gasteiger partial charge is 0.306 e. The van der Waals surface area contributed by atoms with E-state index in [0.717, 1.165) is 26.3 Å². The molecule has 1 N–H and O–H groups in total. The van der Waals surface area contributed by atoms with Crippen LogP contribution in [0.15, 0.2) is 104 Å². The molecule has 0 saturated carbocycles. The Kier molecular flexibility index (Phi) is 9.68. The molecule has 2 aromatic heterocycles. The number of aryl methyl sites for hydroxylation is 3. The summed E-state index contributed by atoms with van der Waals surface area (Å²) >= 11 is 0. The summed E-state index contributed by atoms with van der Waals surface area (Å²) in [7, 11) is 1.46. The van der Waals surface area contributed by atoms with Crippen LogP contribution >= 0.6 is 0 Å². The summed E-state index contributed by atoms with van der Waals surface area (Å²) in [5.41, 5.74) is -0.714.